The number of hydrogen-bond acceptors (Lipinski definition) is 3. The highest BCUT2D eigenvalue weighted by molar-refractivity contribution is 6.03. The zero-order valence-corrected chi connectivity index (χ0v) is 13.7. The highest BCUT2D eigenvalue weighted by atomic mass is 16.5. The Morgan fingerprint density at radius 3 is 2.68 bits per heavy atom. The molecule has 2 aliphatic rings. The van der Waals surface area contributed by atoms with Gasteiger partial charge in [-0.15, -0.1) is 0 Å². The van der Waals surface area contributed by atoms with Gasteiger partial charge in [0.05, 0.1) is 11.3 Å². The first kappa shape index (κ1) is 15.4. The smallest absolute Gasteiger partial charge is 0.262 e. The molecule has 1 N–H and O–H groups in total. The summed E-state index contributed by atoms with van der Waals surface area (Å²) in [6, 6.07) is 15.5. The van der Waals surface area contributed by atoms with Crippen LogP contribution in [-0.2, 0) is 4.79 Å². The summed E-state index contributed by atoms with van der Waals surface area (Å²) in [5.41, 5.74) is 3.52. The summed E-state index contributed by atoms with van der Waals surface area (Å²) in [4.78, 5) is 26.1. The maximum absolute atomic E-state index is 12.9. The van der Waals surface area contributed by atoms with E-state index in [1.54, 1.807) is 18.2 Å². The lowest BCUT2D eigenvalue weighted by atomic mass is 9.99. The van der Waals surface area contributed by atoms with Crippen LogP contribution in [0.3, 0.4) is 0 Å². The summed E-state index contributed by atoms with van der Waals surface area (Å²) in [7, 11) is 0. The van der Waals surface area contributed by atoms with Crippen LogP contribution in [0.2, 0.25) is 0 Å². The van der Waals surface area contributed by atoms with E-state index in [2.05, 4.69) is 23.5 Å². The normalized spacial score (nSPS) is 16.4. The first-order chi connectivity index (χ1) is 12.2. The van der Waals surface area contributed by atoms with Gasteiger partial charge in [0.15, 0.2) is 12.4 Å². The van der Waals surface area contributed by atoms with Crippen LogP contribution in [0.25, 0.3) is 5.57 Å². The van der Waals surface area contributed by atoms with Crippen LogP contribution in [0.5, 0.6) is 5.75 Å². The van der Waals surface area contributed by atoms with Gasteiger partial charge in [-0.05, 0) is 29.7 Å². The standard InChI is InChI=1S/C20H18N2O3/c23-18-13-25-19-16(7-4-8-17(19)21-18)20(24)22-11-9-15(10-12-22)14-5-2-1-3-6-14/h1-9H,10-13H2,(H,21,23). The van der Waals surface area contributed by atoms with Crippen molar-refractivity contribution in [3.05, 3.63) is 65.7 Å². The fourth-order valence-corrected chi connectivity index (χ4v) is 3.22. The molecule has 0 unspecified atom stereocenters. The minimum absolute atomic E-state index is 0.0602. The van der Waals surface area contributed by atoms with Crippen LogP contribution >= 0.6 is 0 Å². The molecular formula is C20H18N2O3. The van der Waals surface area contributed by atoms with Gasteiger partial charge in [0.1, 0.15) is 0 Å². The zero-order valence-electron chi connectivity index (χ0n) is 13.7. The number of anilines is 1. The van der Waals surface area contributed by atoms with Gasteiger partial charge < -0.3 is 15.0 Å². The maximum Gasteiger partial charge on any atom is 0.262 e. The minimum atomic E-state index is -0.203. The molecule has 2 aromatic rings. The molecule has 25 heavy (non-hydrogen) atoms. The van der Waals surface area contributed by atoms with E-state index in [9.17, 15) is 9.59 Å². The van der Waals surface area contributed by atoms with E-state index in [4.69, 9.17) is 4.74 Å². The maximum atomic E-state index is 12.9. The topological polar surface area (TPSA) is 58.6 Å². The van der Waals surface area contributed by atoms with Gasteiger partial charge >= 0.3 is 0 Å². The summed E-state index contributed by atoms with van der Waals surface area (Å²) < 4.78 is 5.49. The monoisotopic (exact) mass is 334 g/mol. The number of carbonyl (C=O) groups is 2. The van der Waals surface area contributed by atoms with Crippen molar-refractivity contribution < 1.29 is 14.3 Å². The summed E-state index contributed by atoms with van der Waals surface area (Å²) in [5.74, 6) is 0.187. The van der Waals surface area contributed by atoms with Crippen LogP contribution < -0.4 is 10.1 Å². The molecule has 2 amide bonds. The van der Waals surface area contributed by atoms with Gasteiger partial charge in [-0.25, -0.2) is 0 Å². The number of nitrogens with zero attached hydrogens (tertiary/aromatic N) is 1. The predicted molar refractivity (Wildman–Crippen MR) is 95.5 cm³/mol. The molecule has 2 aromatic carbocycles. The Kier molecular flexibility index (Phi) is 3.98. The quantitative estimate of drug-likeness (QED) is 0.919. The number of fused-ring (bicyclic) bond motifs is 1. The molecule has 0 saturated heterocycles. The van der Waals surface area contributed by atoms with Crippen LogP contribution in [0.15, 0.2) is 54.6 Å². The van der Waals surface area contributed by atoms with Crippen molar-refractivity contribution in [2.45, 2.75) is 6.42 Å². The second kappa shape index (κ2) is 6.43. The van der Waals surface area contributed by atoms with Gasteiger partial charge in [0, 0.05) is 13.1 Å². The Hall–Kier alpha value is -3.08. The first-order valence-electron chi connectivity index (χ1n) is 8.32. The van der Waals surface area contributed by atoms with E-state index in [-0.39, 0.29) is 18.4 Å². The lowest BCUT2D eigenvalue weighted by Crippen LogP contribution is -2.35. The van der Waals surface area contributed by atoms with Crippen molar-refractivity contribution in [1.29, 1.82) is 0 Å². The average Bonchev–Trinajstić information content (AvgIpc) is 2.67. The lowest BCUT2D eigenvalue weighted by molar-refractivity contribution is -0.118. The Bertz CT molecular complexity index is 858. The van der Waals surface area contributed by atoms with Crippen LogP contribution in [0.1, 0.15) is 22.3 Å². The number of hydrogen-bond donors (Lipinski definition) is 1. The SMILES string of the molecule is O=C1COc2c(cccc2C(=O)N2CC=C(c3ccccc3)CC2)N1. The molecule has 5 nitrogen and oxygen atoms in total. The number of nitrogens with one attached hydrogen (secondary N) is 1. The predicted octanol–water partition coefficient (Wildman–Crippen LogP) is 2.95. The van der Waals surface area contributed by atoms with Gasteiger partial charge in [-0.1, -0.05) is 42.5 Å². The third kappa shape index (κ3) is 3.01. The van der Waals surface area contributed by atoms with Gasteiger partial charge in [0.25, 0.3) is 11.8 Å². The minimum Gasteiger partial charge on any atom is -0.481 e. The van der Waals surface area contributed by atoms with E-state index >= 15 is 0 Å². The Labute approximate surface area is 145 Å². The fraction of sp³-hybridized carbons (Fsp3) is 0.200. The third-order valence-corrected chi connectivity index (χ3v) is 4.51. The number of carbonyl (C=O) groups excluding carboxylic acids is 2. The van der Waals surface area contributed by atoms with Crippen LogP contribution in [-0.4, -0.2) is 36.4 Å². The van der Waals surface area contributed by atoms with Gasteiger partial charge in [-0.2, -0.15) is 0 Å². The number of rotatable bonds is 2. The zero-order chi connectivity index (χ0) is 17.2. The van der Waals surface area contributed by atoms with Crippen molar-refractivity contribution in [2.24, 2.45) is 0 Å². The second-order valence-electron chi connectivity index (χ2n) is 6.12. The van der Waals surface area contributed by atoms with E-state index < -0.39 is 0 Å². The summed E-state index contributed by atoms with van der Waals surface area (Å²) in [6.07, 6.45) is 2.93. The molecule has 0 spiro atoms. The Morgan fingerprint density at radius 1 is 1.08 bits per heavy atom. The Morgan fingerprint density at radius 2 is 1.92 bits per heavy atom. The molecule has 2 aliphatic heterocycles. The molecule has 0 bridgehead atoms. The van der Waals surface area contributed by atoms with Gasteiger partial charge in [0.2, 0.25) is 0 Å². The largest absolute Gasteiger partial charge is 0.481 e. The van der Waals surface area contributed by atoms with Crippen LogP contribution in [0.4, 0.5) is 5.69 Å². The number of para-hydroxylation sites is 1. The molecular weight excluding hydrogens is 316 g/mol. The fourth-order valence-electron chi connectivity index (χ4n) is 3.22. The second-order valence-corrected chi connectivity index (χ2v) is 6.12. The highest BCUT2D eigenvalue weighted by Gasteiger charge is 2.26. The molecule has 0 radical (unpaired) electrons. The number of benzene rings is 2. The van der Waals surface area contributed by atoms with E-state index in [0.29, 0.717) is 30.1 Å². The number of amides is 2. The Balaban J connectivity index is 1.55. The average molecular weight is 334 g/mol. The third-order valence-electron chi connectivity index (χ3n) is 4.51. The summed E-state index contributed by atoms with van der Waals surface area (Å²) in [6.45, 7) is 1.17. The van der Waals surface area contributed by atoms with Gasteiger partial charge in [-0.3, -0.25) is 9.59 Å². The van der Waals surface area contributed by atoms with Crippen LogP contribution in [0, 0.1) is 0 Å². The summed E-state index contributed by atoms with van der Waals surface area (Å²) in [5, 5.41) is 2.74. The van der Waals surface area contributed by atoms with E-state index in [1.807, 2.05) is 23.1 Å². The van der Waals surface area contributed by atoms with Crippen molar-refractivity contribution in [3.8, 4) is 5.75 Å². The molecule has 0 aromatic heterocycles. The van der Waals surface area contributed by atoms with E-state index in [1.165, 1.54) is 11.1 Å². The molecule has 126 valence electrons. The highest BCUT2D eigenvalue weighted by Crippen LogP contribution is 2.33. The molecule has 0 saturated carbocycles. The van der Waals surface area contributed by atoms with Crippen molar-refractivity contribution in [1.82, 2.24) is 4.90 Å². The summed E-state index contributed by atoms with van der Waals surface area (Å²) >= 11 is 0. The number of ether oxygens (including phenoxy) is 1. The lowest BCUT2D eigenvalue weighted by Gasteiger charge is -2.28. The molecule has 0 atom stereocenters. The van der Waals surface area contributed by atoms with Crippen molar-refractivity contribution in [2.75, 3.05) is 25.0 Å². The molecule has 2 heterocycles. The van der Waals surface area contributed by atoms with Crippen molar-refractivity contribution in [3.63, 3.8) is 0 Å². The van der Waals surface area contributed by atoms with Crippen molar-refractivity contribution >= 4 is 23.1 Å². The molecule has 4 rings (SSSR count). The first-order valence-corrected chi connectivity index (χ1v) is 8.32. The molecule has 5 heteroatoms. The van der Waals surface area contributed by atoms with E-state index in [0.717, 1.165) is 6.42 Å². The molecule has 0 aliphatic carbocycles. The molecule has 0 fully saturated rings.